The van der Waals surface area contributed by atoms with Gasteiger partial charge in [-0.1, -0.05) is 313 Å². The van der Waals surface area contributed by atoms with Gasteiger partial charge in [-0.2, -0.15) is 0 Å². The summed E-state index contributed by atoms with van der Waals surface area (Å²) in [6.45, 7) is 4.28. The molecule has 2 atom stereocenters. The first-order chi connectivity index (χ1) is 32.7. The number of amides is 1. The Hall–Kier alpha value is -1.65. The van der Waals surface area contributed by atoms with Crippen molar-refractivity contribution in [2.24, 2.45) is 0 Å². The van der Waals surface area contributed by atoms with E-state index in [1.165, 1.54) is 244 Å². The standard InChI is InChI=1S/C62H117NO3/c1-3-5-7-9-11-13-15-17-19-21-23-25-27-28-29-30-31-32-33-34-36-37-39-41-43-45-47-49-51-53-55-57-61(65)60(59-64)63-62(66)58-56-54-52-50-48-46-44-42-40-38-35-26-24-22-20-18-16-14-12-10-8-6-4-2/h6,8,12,14,18,20,24,26,60-61,64-65H,3-5,7,9-11,13,15-17,19,21-23,25,27-59H2,1-2H3,(H,63,66)/b8-6-,14-12-,20-18-,26-24-. The van der Waals surface area contributed by atoms with E-state index < -0.39 is 12.1 Å². The quantitative estimate of drug-likeness (QED) is 0.0420. The molecular weight excluding hydrogens is 807 g/mol. The van der Waals surface area contributed by atoms with Gasteiger partial charge in [0.2, 0.25) is 5.91 Å². The number of rotatable bonds is 55. The fourth-order valence-electron chi connectivity index (χ4n) is 9.36. The van der Waals surface area contributed by atoms with Crippen molar-refractivity contribution < 1.29 is 15.0 Å². The van der Waals surface area contributed by atoms with Crippen molar-refractivity contribution in [1.82, 2.24) is 5.32 Å². The fraction of sp³-hybridized carbons (Fsp3) is 0.855. The smallest absolute Gasteiger partial charge is 0.220 e. The lowest BCUT2D eigenvalue weighted by Crippen LogP contribution is -2.45. The molecule has 4 heteroatoms. The summed E-state index contributed by atoms with van der Waals surface area (Å²) < 4.78 is 0. The molecule has 0 aliphatic rings. The zero-order valence-electron chi connectivity index (χ0n) is 44.7. The summed E-state index contributed by atoms with van der Waals surface area (Å²) >= 11 is 0. The summed E-state index contributed by atoms with van der Waals surface area (Å²) in [6, 6.07) is -0.542. The summed E-state index contributed by atoms with van der Waals surface area (Å²) in [4.78, 5) is 12.5. The van der Waals surface area contributed by atoms with E-state index >= 15 is 0 Å². The van der Waals surface area contributed by atoms with Gasteiger partial charge < -0.3 is 15.5 Å². The second-order valence-electron chi connectivity index (χ2n) is 20.4. The Morgan fingerprint density at radius 2 is 0.667 bits per heavy atom. The molecule has 4 nitrogen and oxygen atoms in total. The van der Waals surface area contributed by atoms with Gasteiger partial charge in [-0.25, -0.2) is 0 Å². The van der Waals surface area contributed by atoms with Crippen LogP contribution in [0.4, 0.5) is 0 Å². The Kier molecular flexibility index (Phi) is 56.2. The molecule has 0 saturated carbocycles. The minimum atomic E-state index is -0.664. The van der Waals surface area contributed by atoms with E-state index in [0.29, 0.717) is 12.8 Å². The minimum absolute atomic E-state index is 0.0331. The molecule has 0 bridgehead atoms. The van der Waals surface area contributed by atoms with Crippen LogP contribution in [0.3, 0.4) is 0 Å². The molecule has 0 fully saturated rings. The zero-order valence-corrected chi connectivity index (χ0v) is 44.7. The highest BCUT2D eigenvalue weighted by atomic mass is 16.3. The van der Waals surface area contributed by atoms with Gasteiger partial charge in [0.25, 0.3) is 0 Å². The zero-order chi connectivity index (χ0) is 47.7. The Balaban J connectivity index is 3.43. The molecule has 2 unspecified atom stereocenters. The summed E-state index contributed by atoms with van der Waals surface area (Å²) in [5.74, 6) is -0.0331. The first-order valence-electron chi connectivity index (χ1n) is 29.8. The molecule has 0 aromatic heterocycles. The molecule has 0 aromatic carbocycles. The van der Waals surface area contributed by atoms with E-state index in [0.717, 1.165) is 51.4 Å². The van der Waals surface area contributed by atoms with Crippen LogP contribution in [0.25, 0.3) is 0 Å². The van der Waals surface area contributed by atoms with E-state index in [1.807, 2.05) is 0 Å². The minimum Gasteiger partial charge on any atom is -0.394 e. The predicted octanol–water partition coefficient (Wildman–Crippen LogP) is 19.8. The van der Waals surface area contributed by atoms with Crippen LogP contribution in [-0.4, -0.2) is 34.9 Å². The lowest BCUT2D eigenvalue weighted by atomic mass is 10.0. The normalized spacial score (nSPS) is 13.1. The van der Waals surface area contributed by atoms with Gasteiger partial charge in [0.05, 0.1) is 18.8 Å². The van der Waals surface area contributed by atoms with Gasteiger partial charge >= 0.3 is 0 Å². The second-order valence-corrected chi connectivity index (χ2v) is 20.4. The van der Waals surface area contributed by atoms with Crippen LogP contribution in [0.15, 0.2) is 48.6 Å². The van der Waals surface area contributed by atoms with Gasteiger partial charge in [0.15, 0.2) is 0 Å². The number of aliphatic hydroxyl groups excluding tert-OH is 2. The SMILES string of the molecule is CC/C=C\C/C=C\C/C=C\C/C=C\CCCCCCCCCCCCC(=O)NC(CO)C(O)CCCCCCCCCCCCCCCCCCCCCCCCCCCCCCCCC. The first kappa shape index (κ1) is 64.3. The van der Waals surface area contributed by atoms with Crippen LogP contribution in [-0.2, 0) is 4.79 Å². The third-order valence-corrected chi connectivity index (χ3v) is 13.9. The molecule has 0 aliphatic carbocycles. The van der Waals surface area contributed by atoms with E-state index in [4.69, 9.17) is 0 Å². The van der Waals surface area contributed by atoms with E-state index in [-0.39, 0.29) is 12.5 Å². The van der Waals surface area contributed by atoms with Gasteiger partial charge in [0, 0.05) is 6.42 Å². The fourth-order valence-corrected chi connectivity index (χ4v) is 9.36. The molecule has 0 rings (SSSR count). The van der Waals surface area contributed by atoms with E-state index in [1.54, 1.807) is 0 Å². The largest absolute Gasteiger partial charge is 0.394 e. The molecule has 0 heterocycles. The highest BCUT2D eigenvalue weighted by molar-refractivity contribution is 5.76. The van der Waals surface area contributed by atoms with Crippen molar-refractivity contribution in [2.75, 3.05) is 6.61 Å². The number of hydrogen-bond acceptors (Lipinski definition) is 3. The topological polar surface area (TPSA) is 69.6 Å². The molecule has 1 amide bonds. The average molecular weight is 925 g/mol. The van der Waals surface area contributed by atoms with Crippen molar-refractivity contribution in [3.8, 4) is 0 Å². The molecule has 388 valence electrons. The van der Waals surface area contributed by atoms with Gasteiger partial charge in [-0.05, 0) is 51.4 Å². The van der Waals surface area contributed by atoms with E-state index in [2.05, 4.69) is 67.8 Å². The Morgan fingerprint density at radius 1 is 0.379 bits per heavy atom. The number of carbonyl (C=O) groups excluding carboxylic acids is 1. The molecular formula is C62H117NO3. The van der Waals surface area contributed by atoms with Crippen molar-refractivity contribution in [2.45, 2.75) is 334 Å². The van der Waals surface area contributed by atoms with Crippen LogP contribution in [0.1, 0.15) is 322 Å². The third kappa shape index (κ3) is 53.3. The lowest BCUT2D eigenvalue weighted by Gasteiger charge is -2.22. The maximum atomic E-state index is 12.5. The van der Waals surface area contributed by atoms with Crippen molar-refractivity contribution in [1.29, 1.82) is 0 Å². The summed E-state index contributed by atoms with van der Waals surface area (Å²) in [7, 11) is 0. The van der Waals surface area contributed by atoms with Crippen molar-refractivity contribution in [3.63, 3.8) is 0 Å². The summed E-state index contributed by atoms with van der Waals surface area (Å²) in [5, 5.41) is 23.4. The van der Waals surface area contributed by atoms with Crippen LogP contribution in [0.2, 0.25) is 0 Å². The molecule has 0 saturated heterocycles. The van der Waals surface area contributed by atoms with Crippen LogP contribution >= 0.6 is 0 Å². The Morgan fingerprint density at radius 3 is 1.00 bits per heavy atom. The van der Waals surface area contributed by atoms with Gasteiger partial charge in [-0.3, -0.25) is 4.79 Å². The maximum absolute atomic E-state index is 12.5. The molecule has 0 aliphatic heterocycles. The van der Waals surface area contributed by atoms with Crippen molar-refractivity contribution in [3.05, 3.63) is 48.6 Å². The molecule has 3 N–H and O–H groups in total. The number of unbranched alkanes of at least 4 members (excludes halogenated alkanes) is 40. The Bertz CT molecular complexity index is 1050. The van der Waals surface area contributed by atoms with Crippen LogP contribution < -0.4 is 5.32 Å². The number of carbonyl (C=O) groups is 1. The predicted molar refractivity (Wildman–Crippen MR) is 295 cm³/mol. The highest BCUT2D eigenvalue weighted by Crippen LogP contribution is 2.18. The first-order valence-corrected chi connectivity index (χ1v) is 29.8. The third-order valence-electron chi connectivity index (χ3n) is 13.9. The van der Waals surface area contributed by atoms with Gasteiger partial charge in [0.1, 0.15) is 0 Å². The second kappa shape index (κ2) is 57.7. The monoisotopic (exact) mass is 924 g/mol. The highest BCUT2D eigenvalue weighted by Gasteiger charge is 2.20. The van der Waals surface area contributed by atoms with Crippen molar-refractivity contribution >= 4 is 5.91 Å². The number of aliphatic hydroxyl groups is 2. The van der Waals surface area contributed by atoms with E-state index in [9.17, 15) is 15.0 Å². The van der Waals surface area contributed by atoms with Crippen LogP contribution in [0, 0.1) is 0 Å². The summed E-state index contributed by atoms with van der Waals surface area (Å²) in [6.07, 6.45) is 79.7. The maximum Gasteiger partial charge on any atom is 0.220 e. The molecule has 66 heavy (non-hydrogen) atoms. The molecule has 0 spiro atoms. The van der Waals surface area contributed by atoms with Crippen LogP contribution in [0.5, 0.6) is 0 Å². The Labute approximate surface area is 414 Å². The average Bonchev–Trinajstić information content (AvgIpc) is 3.32. The lowest BCUT2D eigenvalue weighted by molar-refractivity contribution is -0.123. The molecule has 0 radical (unpaired) electrons. The van der Waals surface area contributed by atoms with Gasteiger partial charge in [-0.15, -0.1) is 0 Å². The summed E-state index contributed by atoms with van der Waals surface area (Å²) in [5.41, 5.74) is 0. The number of allylic oxidation sites excluding steroid dienone is 8. The molecule has 0 aromatic rings. The number of nitrogens with one attached hydrogen (secondary N) is 1. The number of hydrogen-bond donors (Lipinski definition) is 3.